The highest BCUT2D eigenvalue weighted by atomic mass is 19.1. The Morgan fingerprint density at radius 2 is 1.92 bits per heavy atom. The maximum Gasteiger partial charge on any atom is 0.354 e. The second-order valence-corrected chi connectivity index (χ2v) is 5.81. The lowest BCUT2D eigenvalue weighted by atomic mass is 10.1. The van der Waals surface area contributed by atoms with Crippen LogP contribution in [-0.2, 0) is 11.3 Å². The third kappa shape index (κ3) is 4.08. The maximum absolute atomic E-state index is 12.9. The first-order valence-corrected chi connectivity index (χ1v) is 7.93. The van der Waals surface area contributed by atoms with E-state index < -0.39 is 5.97 Å². The molecule has 1 aromatic carbocycles. The smallest absolute Gasteiger partial charge is 0.354 e. The molecule has 0 saturated carbocycles. The minimum Gasteiger partial charge on any atom is -0.477 e. The molecule has 0 atom stereocenters. The van der Waals surface area contributed by atoms with Crippen LogP contribution in [0.1, 0.15) is 28.9 Å². The standard InChI is InChI=1S/C18H19FN2O3/c19-14-6-4-13(5-7-14)12-24-15-8-10-21(11-9-15)17-3-1-2-16(20-17)18(22)23/h1-7,15H,8-12H2,(H,22,23). The van der Waals surface area contributed by atoms with Gasteiger partial charge in [0, 0.05) is 13.1 Å². The second-order valence-electron chi connectivity index (χ2n) is 5.81. The van der Waals surface area contributed by atoms with Crippen LogP contribution in [0.3, 0.4) is 0 Å². The normalized spacial score (nSPS) is 15.5. The average molecular weight is 330 g/mol. The number of benzene rings is 1. The van der Waals surface area contributed by atoms with Gasteiger partial charge in [0.2, 0.25) is 0 Å². The van der Waals surface area contributed by atoms with Crippen LogP contribution in [0.4, 0.5) is 10.2 Å². The van der Waals surface area contributed by atoms with Crippen molar-refractivity contribution in [1.29, 1.82) is 0 Å². The highest BCUT2D eigenvalue weighted by Crippen LogP contribution is 2.21. The third-order valence-corrected chi connectivity index (χ3v) is 4.12. The highest BCUT2D eigenvalue weighted by Gasteiger charge is 2.21. The zero-order chi connectivity index (χ0) is 16.9. The largest absolute Gasteiger partial charge is 0.477 e. The van der Waals surface area contributed by atoms with Crippen LogP contribution in [0.2, 0.25) is 0 Å². The molecular formula is C18H19FN2O3. The molecule has 1 aliphatic heterocycles. The molecule has 3 rings (SSSR count). The fourth-order valence-electron chi connectivity index (χ4n) is 2.76. The Kier molecular flexibility index (Phi) is 5.05. The molecule has 2 heterocycles. The lowest BCUT2D eigenvalue weighted by molar-refractivity contribution is 0.0250. The van der Waals surface area contributed by atoms with E-state index in [1.165, 1.54) is 18.2 Å². The number of carbonyl (C=O) groups is 1. The van der Waals surface area contributed by atoms with Gasteiger partial charge in [-0.05, 0) is 42.7 Å². The van der Waals surface area contributed by atoms with E-state index in [9.17, 15) is 9.18 Å². The van der Waals surface area contributed by atoms with Gasteiger partial charge < -0.3 is 14.7 Å². The van der Waals surface area contributed by atoms with Crippen molar-refractivity contribution in [3.8, 4) is 0 Å². The Morgan fingerprint density at radius 3 is 2.58 bits per heavy atom. The van der Waals surface area contributed by atoms with Gasteiger partial charge in [0.05, 0.1) is 12.7 Å². The fraction of sp³-hybridized carbons (Fsp3) is 0.333. The SMILES string of the molecule is O=C(O)c1cccc(N2CCC(OCc3ccc(F)cc3)CC2)n1. The van der Waals surface area contributed by atoms with Crippen LogP contribution in [-0.4, -0.2) is 35.3 Å². The lowest BCUT2D eigenvalue weighted by Crippen LogP contribution is -2.37. The van der Waals surface area contributed by atoms with Gasteiger partial charge in [0.1, 0.15) is 11.6 Å². The van der Waals surface area contributed by atoms with Crippen LogP contribution < -0.4 is 4.90 Å². The number of rotatable bonds is 5. The second kappa shape index (κ2) is 7.40. The first-order chi connectivity index (χ1) is 11.6. The zero-order valence-corrected chi connectivity index (χ0v) is 13.2. The summed E-state index contributed by atoms with van der Waals surface area (Å²) in [5.74, 6) is -0.579. The van der Waals surface area contributed by atoms with E-state index in [-0.39, 0.29) is 17.6 Å². The zero-order valence-electron chi connectivity index (χ0n) is 13.2. The monoisotopic (exact) mass is 330 g/mol. The third-order valence-electron chi connectivity index (χ3n) is 4.12. The Balaban J connectivity index is 1.51. The Morgan fingerprint density at radius 1 is 1.21 bits per heavy atom. The summed E-state index contributed by atoms with van der Waals surface area (Å²) in [6.45, 7) is 2.01. The van der Waals surface area contributed by atoms with Gasteiger partial charge in [0.15, 0.2) is 5.69 Å². The molecule has 126 valence electrons. The summed E-state index contributed by atoms with van der Waals surface area (Å²) in [7, 11) is 0. The van der Waals surface area contributed by atoms with Crippen molar-refractivity contribution in [1.82, 2.24) is 4.98 Å². The molecule has 2 aromatic rings. The van der Waals surface area contributed by atoms with Gasteiger partial charge in [-0.1, -0.05) is 18.2 Å². The topological polar surface area (TPSA) is 62.7 Å². The average Bonchev–Trinajstić information content (AvgIpc) is 2.62. The number of piperidine rings is 1. The van der Waals surface area contributed by atoms with Crippen LogP contribution >= 0.6 is 0 Å². The minimum atomic E-state index is -1.02. The number of ether oxygens (including phenoxy) is 1. The molecule has 0 unspecified atom stereocenters. The van der Waals surface area contributed by atoms with Gasteiger partial charge >= 0.3 is 5.97 Å². The number of hydrogen-bond acceptors (Lipinski definition) is 4. The van der Waals surface area contributed by atoms with E-state index in [0.717, 1.165) is 31.5 Å². The molecule has 5 nitrogen and oxygen atoms in total. The first-order valence-electron chi connectivity index (χ1n) is 7.93. The van der Waals surface area contributed by atoms with Gasteiger partial charge in [-0.3, -0.25) is 0 Å². The van der Waals surface area contributed by atoms with E-state index in [4.69, 9.17) is 9.84 Å². The predicted molar refractivity (Wildman–Crippen MR) is 87.6 cm³/mol. The number of halogens is 1. The van der Waals surface area contributed by atoms with Crippen LogP contribution in [0.15, 0.2) is 42.5 Å². The molecule has 1 N–H and O–H groups in total. The van der Waals surface area contributed by atoms with Gasteiger partial charge in [-0.15, -0.1) is 0 Å². The molecule has 0 amide bonds. The summed E-state index contributed by atoms with van der Waals surface area (Å²) < 4.78 is 18.8. The molecule has 1 fully saturated rings. The number of nitrogens with zero attached hydrogens (tertiary/aromatic N) is 2. The van der Waals surface area contributed by atoms with Gasteiger partial charge in [-0.2, -0.15) is 0 Å². The Labute approximate surface area is 139 Å². The van der Waals surface area contributed by atoms with Crippen LogP contribution in [0, 0.1) is 5.82 Å². The van der Waals surface area contributed by atoms with Crippen molar-refractivity contribution in [2.45, 2.75) is 25.6 Å². The van der Waals surface area contributed by atoms with Crippen molar-refractivity contribution < 1.29 is 19.0 Å². The van der Waals surface area contributed by atoms with E-state index in [0.29, 0.717) is 12.4 Å². The van der Waals surface area contributed by atoms with E-state index in [1.54, 1.807) is 18.2 Å². The molecule has 1 saturated heterocycles. The molecule has 1 aliphatic rings. The number of anilines is 1. The summed E-state index contributed by atoms with van der Waals surface area (Å²) in [5, 5.41) is 9.02. The van der Waals surface area contributed by atoms with Crippen molar-refractivity contribution >= 4 is 11.8 Å². The predicted octanol–water partition coefficient (Wildman–Crippen LogP) is 3.10. The highest BCUT2D eigenvalue weighted by molar-refractivity contribution is 5.85. The number of carboxylic acid groups (broad SMARTS) is 1. The molecule has 0 radical (unpaired) electrons. The quantitative estimate of drug-likeness (QED) is 0.913. The molecule has 6 heteroatoms. The molecule has 24 heavy (non-hydrogen) atoms. The molecule has 0 bridgehead atoms. The number of carboxylic acids is 1. The van der Waals surface area contributed by atoms with E-state index in [2.05, 4.69) is 9.88 Å². The van der Waals surface area contributed by atoms with E-state index in [1.807, 2.05) is 6.07 Å². The first kappa shape index (κ1) is 16.4. The summed E-state index contributed by atoms with van der Waals surface area (Å²) in [5.41, 5.74) is 1.01. The Hall–Kier alpha value is -2.47. The lowest BCUT2D eigenvalue weighted by Gasteiger charge is -2.32. The summed E-state index contributed by atoms with van der Waals surface area (Å²) in [6.07, 6.45) is 1.84. The Bertz CT molecular complexity index is 698. The molecule has 1 aromatic heterocycles. The van der Waals surface area contributed by atoms with Crippen molar-refractivity contribution in [2.75, 3.05) is 18.0 Å². The number of aromatic carboxylic acids is 1. The fourth-order valence-corrected chi connectivity index (χ4v) is 2.76. The van der Waals surface area contributed by atoms with Crippen molar-refractivity contribution in [3.63, 3.8) is 0 Å². The number of pyridine rings is 1. The molecule has 0 aliphatic carbocycles. The number of hydrogen-bond donors (Lipinski definition) is 1. The molecular weight excluding hydrogens is 311 g/mol. The van der Waals surface area contributed by atoms with Gasteiger partial charge in [-0.25, -0.2) is 14.2 Å². The maximum atomic E-state index is 12.9. The summed E-state index contributed by atoms with van der Waals surface area (Å²) in [4.78, 5) is 17.3. The van der Waals surface area contributed by atoms with Crippen LogP contribution in [0.5, 0.6) is 0 Å². The minimum absolute atomic E-state index is 0.0576. The van der Waals surface area contributed by atoms with Crippen molar-refractivity contribution in [2.24, 2.45) is 0 Å². The van der Waals surface area contributed by atoms with Gasteiger partial charge in [0.25, 0.3) is 0 Å². The molecule has 0 spiro atoms. The summed E-state index contributed by atoms with van der Waals surface area (Å²) >= 11 is 0. The van der Waals surface area contributed by atoms with Crippen LogP contribution in [0.25, 0.3) is 0 Å². The number of aromatic nitrogens is 1. The van der Waals surface area contributed by atoms with Crippen molar-refractivity contribution in [3.05, 3.63) is 59.5 Å². The van der Waals surface area contributed by atoms with E-state index >= 15 is 0 Å². The summed E-state index contributed by atoms with van der Waals surface area (Å²) in [6, 6.07) is 11.3.